The predicted molar refractivity (Wildman–Crippen MR) is 91.8 cm³/mol. The number of nitrogens with zero attached hydrogens (tertiary/aromatic N) is 3. The van der Waals surface area contributed by atoms with Crippen molar-refractivity contribution >= 4 is 5.82 Å². The normalized spacial score (nSPS) is 17.0. The van der Waals surface area contributed by atoms with Gasteiger partial charge in [-0.3, -0.25) is 4.84 Å². The maximum Gasteiger partial charge on any atom is 0.122 e. The van der Waals surface area contributed by atoms with Crippen molar-refractivity contribution in [2.24, 2.45) is 0 Å². The van der Waals surface area contributed by atoms with Crippen LogP contribution in [0.25, 0.3) is 0 Å². The fraction of sp³-hybridized carbons (Fsp3) is 0.500. The molecule has 3 rings (SSSR count). The summed E-state index contributed by atoms with van der Waals surface area (Å²) in [6.45, 7) is 6.74. The van der Waals surface area contributed by atoms with E-state index in [4.69, 9.17) is 10.6 Å². The van der Waals surface area contributed by atoms with E-state index in [1.165, 1.54) is 5.56 Å². The minimum Gasteiger partial charge on any atom is -0.384 e. The highest BCUT2D eigenvalue weighted by Crippen LogP contribution is 2.27. The second kappa shape index (κ2) is 7.15. The molecule has 1 aliphatic heterocycles. The van der Waals surface area contributed by atoms with Gasteiger partial charge in [0.25, 0.3) is 0 Å². The van der Waals surface area contributed by atoms with E-state index in [9.17, 15) is 0 Å². The van der Waals surface area contributed by atoms with Crippen LogP contribution in [-0.4, -0.2) is 27.9 Å². The number of piperidine rings is 1. The van der Waals surface area contributed by atoms with Crippen molar-refractivity contribution in [1.29, 1.82) is 0 Å². The molecule has 2 heterocycles. The molecule has 0 bridgehead atoms. The lowest BCUT2D eigenvalue weighted by atomic mass is 10.1. The third kappa shape index (κ3) is 3.92. The third-order valence-corrected chi connectivity index (χ3v) is 4.40. The fourth-order valence-corrected chi connectivity index (χ4v) is 2.96. The third-order valence-electron chi connectivity index (χ3n) is 4.40. The van der Waals surface area contributed by atoms with Crippen LogP contribution in [-0.2, 0) is 11.4 Å². The van der Waals surface area contributed by atoms with Gasteiger partial charge >= 0.3 is 0 Å². The Labute approximate surface area is 138 Å². The van der Waals surface area contributed by atoms with Crippen LogP contribution in [0.3, 0.4) is 0 Å². The maximum atomic E-state index is 6.13. The highest BCUT2D eigenvalue weighted by Gasteiger charge is 2.23. The molecule has 0 radical (unpaired) electrons. The average molecular weight is 314 g/mol. The molecule has 23 heavy (non-hydrogen) atoms. The van der Waals surface area contributed by atoms with Crippen LogP contribution in [0.4, 0.5) is 5.82 Å². The standard InChI is InChI=1S/C18H26N4O/c1-14(2)17-12-18(19)22(20-17)16-8-10-21(11-9-16)23-13-15-6-4-3-5-7-15/h3-7,12,14,16H,8-11,13,19H2,1-2H3. The number of hydrogen-bond donors (Lipinski definition) is 1. The van der Waals surface area contributed by atoms with E-state index in [0.29, 0.717) is 18.6 Å². The van der Waals surface area contributed by atoms with Gasteiger partial charge in [-0.1, -0.05) is 44.2 Å². The summed E-state index contributed by atoms with van der Waals surface area (Å²) < 4.78 is 2.00. The Hall–Kier alpha value is -1.85. The van der Waals surface area contributed by atoms with E-state index in [1.54, 1.807) is 0 Å². The van der Waals surface area contributed by atoms with E-state index in [-0.39, 0.29) is 0 Å². The molecule has 0 amide bonds. The molecular weight excluding hydrogens is 288 g/mol. The van der Waals surface area contributed by atoms with E-state index >= 15 is 0 Å². The molecule has 124 valence electrons. The van der Waals surface area contributed by atoms with Crippen molar-refractivity contribution in [3.63, 3.8) is 0 Å². The van der Waals surface area contributed by atoms with Crippen LogP contribution in [0.2, 0.25) is 0 Å². The summed E-state index contributed by atoms with van der Waals surface area (Å²) in [5, 5.41) is 6.75. The molecular formula is C18H26N4O. The first-order valence-electron chi connectivity index (χ1n) is 8.40. The van der Waals surface area contributed by atoms with Crippen LogP contribution in [0.1, 0.15) is 49.9 Å². The lowest BCUT2D eigenvalue weighted by Gasteiger charge is -2.31. The van der Waals surface area contributed by atoms with Gasteiger partial charge in [-0.2, -0.15) is 10.2 Å². The quantitative estimate of drug-likeness (QED) is 0.919. The van der Waals surface area contributed by atoms with Gasteiger partial charge in [-0.05, 0) is 24.3 Å². The van der Waals surface area contributed by atoms with Gasteiger partial charge in [-0.15, -0.1) is 0 Å². The van der Waals surface area contributed by atoms with Crippen molar-refractivity contribution in [3.8, 4) is 0 Å². The van der Waals surface area contributed by atoms with Gasteiger partial charge in [0.05, 0.1) is 18.3 Å². The second-order valence-corrected chi connectivity index (χ2v) is 6.51. The summed E-state index contributed by atoms with van der Waals surface area (Å²) in [6.07, 6.45) is 2.02. The van der Waals surface area contributed by atoms with Gasteiger partial charge in [0.15, 0.2) is 0 Å². The Kier molecular flexibility index (Phi) is 4.98. The number of benzene rings is 1. The molecule has 1 aromatic heterocycles. The Balaban J connectivity index is 1.52. The van der Waals surface area contributed by atoms with E-state index in [2.05, 4.69) is 36.1 Å². The SMILES string of the molecule is CC(C)c1cc(N)n(C2CCN(OCc3ccccc3)CC2)n1. The summed E-state index contributed by atoms with van der Waals surface area (Å²) in [6, 6.07) is 12.7. The molecule has 2 N–H and O–H groups in total. The monoisotopic (exact) mass is 314 g/mol. The zero-order chi connectivity index (χ0) is 16.2. The Morgan fingerprint density at radius 2 is 1.91 bits per heavy atom. The van der Waals surface area contributed by atoms with Crippen LogP contribution < -0.4 is 5.73 Å². The maximum absolute atomic E-state index is 6.13. The molecule has 1 aromatic carbocycles. The lowest BCUT2D eigenvalue weighted by Crippen LogP contribution is -2.35. The van der Waals surface area contributed by atoms with Gasteiger partial charge in [0, 0.05) is 19.2 Å². The molecule has 1 aliphatic rings. The fourth-order valence-electron chi connectivity index (χ4n) is 2.96. The number of anilines is 1. The molecule has 5 nitrogen and oxygen atoms in total. The first-order chi connectivity index (χ1) is 11.1. The number of nitrogen functional groups attached to an aromatic ring is 1. The Morgan fingerprint density at radius 1 is 1.22 bits per heavy atom. The van der Waals surface area contributed by atoms with Crippen molar-refractivity contribution < 1.29 is 4.84 Å². The largest absolute Gasteiger partial charge is 0.384 e. The van der Waals surface area contributed by atoms with Crippen molar-refractivity contribution in [3.05, 3.63) is 47.7 Å². The summed E-state index contributed by atoms with van der Waals surface area (Å²) in [7, 11) is 0. The van der Waals surface area contributed by atoms with Crippen molar-refractivity contribution in [2.45, 2.75) is 45.3 Å². The molecule has 5 heteroatoms. The van der Waals surface area contributed by atoms with E-state index in [1.807, 2.05) is 28.9 Å². The van der Waals surface area contributed by atoms with Gasteiger partial charge in [-0.25, -0.2) is 4.68 Å². The first kappa shape index (κ1) is 16.0. The molecule has 0 atom stereocenters. The minimum absolute atomic E-state index is 0.374. The van der Waals surface area contributed by atoms with Crippen LogP contribution in [0, 0.1) is 0 Å². The smallest absolute Gasteiger partial charge is 0.122 e. The molecule has 0 spiro atoms. The predicted octanol–water partition coefficient (Wildman–Crippen LogP) is 3.36. The zero-order valence-corrected chi connectivity index (χ0v) is 14.0. The van der Waals surface area contributed by atoms with E-state index < -0.39 is 0 Å². The van der Waals surface area contributed by atoms with Crippen molar-refractivity contribution in [1.82, 2.24) is 14.8 Å². The molecule has 1 fully saturated rings. The molecule has 0 aliphatic carbocycles. The van der Waals surface area contributed by atoms with Gasteiger partial charge < -0.3 is 5.73 Å². The summed E-state index contributed by atoms with van der Waals surface area (Å²) >= 11 is 0. The highest BCUT2D eigenvalue weighted by atomic mass is 16.7. The number of rotatable bonds is 5. The number of nitrogens with two attached hydrogens (primary N) is 1. The lowest BCUT2D eigenvalue weighted by molar-refractivity contribution is -0.183. The number of hydroxylamine groups is 2. The molecule has 0 unspecified atom stereocenters. The van der Waals surface area contributed by atoms with Crippen LogP contribution in [0.15, 0.2) is 36.4 Å². The Morgan fingerprint density at radius 3 is 2.52 bits per heavy atom. The number of hydrogen-bond acceptors (Lipinski definition) is 4. The van der Waals surface area contributed by atoms with Gasteiger partial charge in [0.1, 0.15) is 5.82 Å². The second-order valence-electron chi connectivity index (χ2n) is 6.51. The minimum atomic E-state index is 0.374. The zero-order valence-electron chi connectivity index (χ0n) is 14.0. The van der Waals surface area contributed by atoms with E-state index in [0.717, 1.165) is 37.4 Å². The molecule has 1 saturated heterocycles. The molecule has 0 saturated carbocycles. The summed E-state index contributed by atoms with van der Waals surface area (Å²) in [4.78, 5) is 5.90. The average Bonchev–Trinajstić information content (AvgIpc) is 2.97. The molecule has 2 aromatic rings. The number of aromatic nitrogens is 2. The van der Waals surface area contributed by atoms with Gasteiger partial charge in [0.2, 0.25) is 0 Å². The summed E-state index contributed by atoms with van der Waals surface area (Å²) in [5.41, 5.74) is 8.41. The Bertz CT molecular complexity index is 615. The van der Waals surface area contributed by atoms with Crippen LogP contribution in [0.5, 0.6) is 0 Å². The first-order valence-corrected chi connectivity index (χ1v) is 8.40. The highest BCUT2D eigenvalue weighted by molar-refractivity contribution is 5.32. The summed E-state index contributed by atoms with van der Waals surface area (Å²) in [5.74, 6) is 1.19. The topological polar surface area (TPSA) is 56.3 Å². The van der Waals surface area contributed by atoms with Crippen LogP contribution >= 0.6 is 0 Å². The van der Waals surface area contributed by atoms with Crippen molar-refractivity contribution in [2.75, 3.05) is 18.8 Å².